The van der Waals surface area contributed by atoms with E-state index in [2.05, 4.69) is 34.5 Å². The van der Waals surface area contributed by atoms with Crippen molar-refractivity contribution in [1.29, 1.82) is 0 Å². The second-order valence-corrected chi connectivity index (χ2v) is 6.92. The average molecular weight is 332 g/mol. The van der Waals surface area contributed by atoms with E-state index in [0.29, 0.717) is 18.9 Å². The largest absolute Gasteiger partial charge is 0.356 e. The van der Waals surface area contributed by atoms with Crippen LogP contribution in [0.15, 0.2) is 30.3 Å². The Kier molecular flexibility index (Phi) is 8.85. The fourth-order valence-electron chi connectivity index (χ4n) is 3.45. The van der Waals surface area contributed by atoms with Gasteiger partial charge in [0.25, 0.3) is 0 Å². The predicted molar refractivity (Wildman–Crippen MR) is 99.8 cm³/mol. The van der Waals surface area contributed by atoms with Crippen LogP contribution in [0.3, 0.4) is 0 Å². The Morgan fingerprint density at radius 2 is 1.83 bits per heavy atom. The highest BCUT2D eigenvalue weighted by atomic mass is 16.1. The number of carbonyl (C=O) groups is 1. The molecule has 1 saturated carbocycles. The van der Waals surface area contributed by atoms with Crippen LogP contribution >= 0.6 is 0 Å². The highest BCUT2D eigenvalue weighted by Gasteiger charge is 2.14. The summed E-state index contributed by atoms with van der Waals surface area (Å²) in [5, 5.41) is 3.13. The van der Waals surface area contributed by atoms with E-state index in [-0.39, 0.29) is 5.91 Å². The standard InChI is InChI=1S/C20H33N3O/c21-13-16-23(14-11-18-7-3-1-4-8-18)15-12-20(24)22-17-19-9-5-2-6-10-19/h1,3-4,7-8,19H,2,5-6,9-17,21H2,(H,22,24). The molecule has 134 valence electrons. The minimum absolute atomic E-state index is 0.183. The van der Waals surface area contributed by atoms with Gasteiger partial charge in [0.2, 0.25) is 5.91 Å². The quantitative estimate of drug-likeness (QED) is 0.693. The van der Waals surface area contributed by atoms with Crippen molar-refractivity contribution in [1.82, 2.24) is 10.2 Å². The molecule has 0 unspecified atom stereocenters. The van der Waals surface area contributed by atoms with Crippen LogP contribution in [0.1, 0.15) is 44.1 Å². The molecular formula is C20H33N3O. The summed E-state index contributed by atoms with van der Waals surface area (Å²) in [4.78, 5) is 14.4. The Morgan fingerprint density at radius 1 is 1.08 bits per heavy atom. The minimum atomic E-state index is 0.183. The Bertz CT molecular complexity index is 457. The van der Waals surface area contributed by atoms with Gasteiger partial charge in [0.05, 0.1) is 0 Å². The SMILES string of the molecule is NCCN(CCC(=O)NCC1CCCCC1)CCc1ccccc1. The summed E-state index contributed by atoms with van der Waals surface area (Å²) in [5.74, 6) is 0.878. The van der Waals surface area contributed by atoms with E-state index in [1.807, 2.05) is 6.07 Å². The third kappa shape index (κ3) is 7.45. The summed E-state index contributed by atoms with van der Waals surface area (Å²) in [6.07, 6.45) is 8.13. The monoisotopic (exact) mass is 331 g/mol. The fraction of sp³-hybridized carbons (Fsp3) is 0.650. The van der Waals surface area contributed by atoms with Crippen molar-refractivity contribution in [2.75, 3.05) is 32.7 Å². The van der Waals surface area contributed by atoms with Gasteiger partial charge in [-0.2, -0.15) is 0 Å². The summed E-state index contributed by atoms with van der Waals surface area (Å²) < 4.78 is 0. The fourth-order valence-corrected chi connectivity index (χ4v) is 3.45. The molecule has 0 aliphatic heterocycles. The van der Waals surface area contributed by atoms with Crippen molar-refractivity contribution >= 4 is 5.91 Å². The summed E-state index contributed by atoms with van der Waals surface area (Å²) in [6, 6.07) is 10.5. The van der Waals surface area contributed by atoms with Crippen molar-refractivity contribution in [2.24, 2.45) is 11.7 Å². The van der Waals surface area contributed by atoms with Crippen LogP contribution in [0, 0.1) is 5.92 Å². The molecule has 0 aromatic heterocycles. The van der Waals surface area contributed by atoms with Crippen molar-refractivity contribution < 1.29 is 4.79 Å². The van der Waals surface area contributed by atoms with Gasteiger partial charge in [-0.25, -0.2) is 0 Å². The highest BCUT2D eigenvalue weighted by Crippen LogP contribution is 2.22. The summed E-state index contributed by atoms with van der Waals surface area (Å²) in [6.45, 7) is 4.10. The first-order chi connectivity index (χ1) is 11.8. The van der Waals surface area contributed by atoms with E-state index in [1.165, 1.54) is 37.7 Å². The zero-order valence-corrected chi connectivity index (χ0v) is 14.9. The third-order valence-electron chi connectivity index (χ3n) is 4.97. The summed E-state index contributed by atoms with van der Waals surface area (Å²) in [5.41, 5.74) is 7.05. The van der Waals surface area contributed by atoms with Gasteiger partial charge in [-0.05, 0) is 30.7 Å². The van der Waals surface area contributed by atoms with Crippen LogP contribution in [0.5, 0.6) is 0 Å². The van der Waals surface area contributed by atoms with Crippen LogP contribution in [-0.4, -0.2) is 43.5 Å². The third-order valence-corrected chi connectivity index (χ3v) is 4.97. The molecule has 1 aromatic rings. The topological polar surface area (TPSA) is 58.4 Å². The van der Waals surface area contributed by atoms with Crippen LogP contribution in [0.25, 0.3) is 0 Å². The highest BCUT2D eigenvalue weighted by molar-refractivity contribution is 5.76. The maximum atomic E-state index is 12.1. The Balaban J connectivity index is 1.65. The lowest BCUT2D eigenvalue weighted by Gasteiger charge is -2.23. The second-order valence-electron chi connectivity index (χ2n) is 6.92. The Hall–Kier alpha value is -1.39. The van der Waals surface area contributed by atoms with Gasteiger partial charge in [-0.1, -0.05) is 49.6 Å². The number of carbonyl (C=O) groups excluding carboxylic acids is 1. The molecule has 1 aromatic carbocycles. The lowest BCUT2D eigenvalue weighted by molar-refractivity contribution is -0.121. The number of rotatable bonds is 10. The van der Waals surface area contributed by atoms with Gasteiger partial charge in [-0.15, -0.1) is 0 Å². The van der Waals surface area contributed by atoms with Gasteiger partial charge in [-0.3, -0.25) is 4.79 Å². The molecule has 4 nitrogen and oxygen atoms in total. The van der Waals surface area contributed by atoms with E-state index >= 15 is 0 Å². The molecule has 1 aliphatic rings. The minimum Gasteiger partial charge on any atom is -0.356 e. The number of nitrogens with zero attached hydrogens (tertiary/aromatic N) is 1. The van der Waals surface area contributed by atoms with Crippen LogP contribution in [0.2, 0.25) is 0 Å². The Morgan fingerprint density at radius 3 is 2.54 bits per heavy atom. The molecule has 4 heteroatoms. The number of hydrogen-bond acceptors (Lipinski definition) is 3. The normalized spacial score (nSPS) is 15.6. The number of benzene rings is 1. The van der Waals surface area contributed by atoms with E-state index in [9.17, 15) is 4.79 Å². The predicted octanol–water partition coefficient (Wildman–Crippen LogP) is 2.58. The molecule has 0 atom stereocenters. The molecule has 2 rings (SSSR count). The molecule has 1 aliphatic carbocycles. The van der Waals surface area contributed by atoms with Gasteiger partial charge in [0, 0.05) is 39.1 Å². The van der Waals surface area contributed by atoms with Gasteiger partial charge < -0.3 is 16.0 Å². The molecule has 0 heterocycles. The molecule has 0 spiro atoms. The zero-order valence-electron chi connectivity index (χ0n) is 14.9. The molecule has 3 N–H and O–H groups in total. The van der Waals surface area contributed by atoms with E-state index in [4.69, 9.17) is 5.73 Å². The van der Waals surface area contributed by atoms with Gasteiger partial charge in [0.15, 0.2) is 0 Å². The smallest absolute Gasteiger partial charge is 0.221 e. The van der Waals surface area contributed by atoms with E-state index < -0.39 is 0 Å². The van der Waals surface area contributed by atoms with Crippen LogP contribution in [0.4, 0.5) is 0 Å². The maximum Gasteiger partial charge on any atom is 0.221 e. The van der Waals surface area contributed by atoms with Crippen molar-refractivity contribution in [3.05, 3.63) is 35.9 Å². The second kappa shape index (κ2) is 11.2. The number of amides is 1. The number of hydrogen-bond donors (Lipinski definition) is 2. The van der Waals surface area contributed by atoms with E-state index in [0.717, 1.165) is 32.6 Å². The lowest BCUT2D eigenvalue weighted by Crippen LogP contribution is -2.36. The lowest BCUT2D eigenvalue weighted by atomic mass is 9.89. The number of nitrogens with two attached hydrogens (primary N) is 1. The molecular weight excluding hydrogens is 298 g/mol. The van der Waals surface area contributed by atoms with Gasteiger partial charge in [0.1, 0.15) is 0 Å². The van der Waals surface area contributed by atoms with E-state index in [1.54, 1.807) is 0 Å². The summed E-state index contributed by atoms with van der Waals surface area (Å²) in [7, 11) is 0. The number of nitrogens with one attached hydrogen (secondary N) is 1. The van der Waals surface area contributed by atoms with Crippen molar-refractivity contribution in [3.63, 3.8) is 0 Å². The average Bonchev–Trinajstić information content (AvgIpc) is 2.64. The molecule has 24 heavy (non-hydrogen) atoms. The van der Waals surface area contributed by atoms with Gasteiger partial charge >= 0.3 is 0 Å². The summed E-state index contributed by atoms with van der Waals surface area (Å²) >= 11 is 0. The first kappa shape index (κ1) is 18.9. The first-order valence-corrected chi connectivity index (χ1v) is 9.51. The molecule has 0 saturated heterocycles. The molecule has 0 radical (unpaired) electrons. The molecule has 1 fully saturated rings. The zero-order chi connectivity index (χ0) is 17.0. The molecule has 1 amide bonds. The Labute approximate surface area is 146 Å². The molecule has 0 bridgehead atoms. The van der Waals surface area contributed by atoms with Crippen LogP contribution < -0.4 is 11.1 Å². The van der Waals surface area contributed by atoms with Crippen molar-refractivity contribution in [2.45, 2.75) is 44.9 Å². The van der Waals surface area contributed by atoms with Crippen LogP contribution in [-0.2, 0) is 11.2 Å². The first-order valence-electron chi connectivity index (χ1n) is 9.51. The van der Waals surface area contributed by atoms with Crippen molar-refractivity contribution in [3.8, 4) is 0 Å². The maximum absolute atomic E-state index is 12.1.